The third-order valence-corrected chi connectivity index (χ3v) is 9.48. The van der Waals surface area contributed by atoms with Crippen molar-refractivity contribution in [3.8, 4) is 0 Å². The van der Waals surface area contributed by atoms with Crippen molar-refractivity contribution in [3.05, 3.63) is 36.4 Å². The van der Waals surface area contributed by atoms with Crippen LogP contribution in [0.2, 0.25) is 0 Å². The highest BCUT2D eigenvalue weighted by Gasteiger charge is 2.34. The number of sulfonamides is 2. The Kier molecular flexibility index (Phi) is 9.45. The second kappa shape index (κ2) is 11.6. The van der Waals surface area contributed by atoms with Crippen molar-refractivity contribution in [2.75, 3.05) is 28.3 Å². The molecule has 8 nitrogen and oxygen atoms in total. The van der Waals surface area contributed by atoms with Crippen LogP contribution in [-0.4, -0.2) is 46.4 Å². The molecular weight excluding hydrogens is 448 g/mol. The summed E-state index contributed by atoms with van der Waals surface area (Å²) in [6, 6.07) is 10.2. The summed E-state index contributed by atoms with van der Waals surface area (Å²) in [5.74, 6) is -0.459. The molecular formula is C22H34N4O4S2. The topological polar surface area (TPSA) is 99.5 Å². The number of hydrogen-bond donors (Lipinski definition) is 0. The van der Waals surface area contributed by atoms with E-state index in [4.69, 9.17) is 0 Å². The SMILES string of the molecule is CCCCS(=O)(=O)N(c1ccc(/N=N\N(CC)CC)c2ccccc12)S(=O)(=O)CCCC. The Morgan fingerprint density at radius 1 is 0.750 bits per heavy atom. The van der Waals surface area contributed by atoms with Gasteiger partial charge in [-0.3, -0.25) is 5.01 Å². The predicted octanol–water partition coefficient (Wildman–Crippen LogP) is 5.25. The standard InChI is InChI=1S/C22H34N4O4S2/c1-5-9-17-31(27,28)26(32(29,30)18-10-6-2)22-16-15-21(23-24-25(7-3)8-4)19-13-11-12-14-20(19)22/h11-16H,5-10,17-18H2,1-4H3/b24-23-. The number of anilines is 1. The molecule has 0 atom stereocenters. The first-order chi connectivity index (χ1) is 15.2. The van der Waals surface area contributed by atoms with Crippen LogP contribution in [0.25, 0.3) is 10.8 Å². The van der Waals surface area contributed by atoms with Gasteiger partial charge in [0.05, 0.1) is 22.9 Å². The van der Waals surface area contributed by atoms with Gasteiger partial charge in [0.2, 0.25) is 20.0 Å². The number of rotatable bonds is 13. The lowest BCUT2D eigenvalue weighted by molar-refractivity contribution is 0.301. The van der Waals surface area contributed by atoms with Crippen molar-refractivity contribution < 1.29 is 16.8 Å². The molecule has 2 aromatic carbocycles. The third kappa shape index (κ3) is 6.19. The average Bonchev–Trinajstić information content (AvgIpc) is 2.78. The van der Waals surface area contributed by atoms with Gasteiger partial charge in [-0.15, -0.1) is 5.11 Å². The van der Waals surface area contributed by atoms with Gasteiger partial charge in [-0.2, -0.15) is 3.71 Å². The Morgan fingerprint density at radius 3 is 1.78 bits per heavy atom. The van der Waals surface area contributed by atoms with Crippen molar-refractivity contribution in [3.63, 3.8) is 0 Å². The monoisotopic (exact) mass is 482 g/mol. The summed E-state index contributed by atoms with van der Waals surface area (Å²) in [4.78, 5) is 0. The lowest BCUT2D eigenvalue weighted by Crippen LogP contribution is -2.40. The minimum absolute atomic E-state index is 0.134. The number of fused-ring (bicyclic) bond motifs is 1. The minimum Gasteiger partial charge on any atom is -0.279 e. The van der Waals surface area contributed by atoms with E-state index in [1.807, 2.05) is 33.8 Å². The van der Waals surface area contributed by atoms with Crippen LogP contribution in [0.4, 0.5) is 11.4 Å². The summed E-state index contributed by atoms with van der Waals surface area (Å²) in [5.41, 5.74) is 0.683. The molecule has 0 aliphatic rings. The van der Waals surface area contributed by atoms with E-state index in [0.717, 1.165) is 0 Å². The Bertz CT molecular complexity index is 1090. The molecule has 0 saturated carbocycles. The van der Waals surface area contributed by atoms with E-state index in [0.29, 0.717) is 58.9 Å². The fourth-order valence-corrected chi connectivity index (χ4v) is 7.65. The van der Waals surface area contributed by atoms with Crippen LogP contribution in [0.15, 0.2) is 46.7 Å². The molecule has 0 spiro atoms. The van der Waals surface area contributed by atoms with Crippen LogP contribution in [0.3, 0.4) is 0 Å². The Balaban J connectivity index is 2.70. The molecule has 0 fully saturated rings. The fraction of sp³-hybridized carbons (Fsp3) is 0.545. The molecule has 0 aliphatic carbocycles. The largest absolute Gasteiger partial charge is 0.279 e. The number of nitrogens with zero attached hydrogens (tertiary/aromatic N) is 4. The van der Waals surface area contributed by atoms with E-state index >= 15 is 0 Å². The quantitative estimate of drug-likeness (QED) is 0.287. The van der Waals surface area contributed by atoms with Crippen LogP contribution in [0.1, 0.15) is 53.4 Å². The average molecular weight is 483 g/mol. The molecule has 0 aromatic heterocycles. The second-order valence-corrected chi connectivity index (χ2v) is 11.6. The van der Waals surface area contributed by atoms with Gasteiger partial charge in [-0.1, -0.05) is 56.2 Å². The fourth-order valence-electron chi connectivity index (χ4n) is 3.27. The lowest BCUT2D eigenvalue weighted by atomic mass is 10.1. The zero-order valence-electron chi connectivity index (χ0n) is 19.4. The maximum atomic E-state index is 13.2. The van der Waals surface area contributed by atoms with Crippen molar-refractivity contribution in [1.29, 1.82) is 0 Å². The third-order valence-electron chi connectivity index (χ3n) is 5.10. The summed E-state index contributed by atoms with van der Waals surface area (Å²) in [7, 11) is -8.16. The Morgan fingerprint density at radius 2 is 1.28 bits per heavy atom. The molecule has 0 radical (unpaired) electrons. The van der Waals surface area contributed by atoms with Crippen molar-refractivity contribution >= 4 is 42.2 Å². The van der Waals surface area contributed by atoms with Crippen molar-refractivity contribution in [2.24, 2.45) is 10.3 Å². The lowest BCUT2D eigenvalue weighted by Gasteiger charge is -2.25. The van der Waals surface area contributed by atoms with Crippen LogP contribution in [0, 0.1) is 0 Å². The van der Waals surface area contributed by atoms with Gasteiger partial charge < -0.3 is 0 Å². The smallest absolute Gasteiger partial charge is 0.248 e. The molecule has 0 amide bonds. The molecule has 0 heterocycles. The maximum absolute atomic E-state index is 13.2. The normalized spacial score (nSPS) is 12.5. The van der Waals surface area contributed by atoms with Gasteiger partial charge >= 0.3 is 0 Å². The summed E-state index contributed by atoms with van der Waals surface area (Å²) in [5, 5.41) is 11.5. The molecule has 0 saturated heterocycles. The molecule has 178 valence electrons. The Labute approximate surface area is 192 Å². The summed E-state index contributed by atoms with van der Waals surface area (Å²) < 4.78 is 53.5. The van der Waals surface area contributed by atoms with Crippen LogP contribution < -0.4 is 3.71 Å². The zero-order valence-corrected chi connectivity index (χ0v) is 21.0. The van der Waals surface area contributed by atoms with Gasteiger partial charge in [0.1, 0.15) is 0 Å². The van der Waals surface area contributed by atoms with Crippen LogP contribution in [-0.2, 0) is 20.0 Å². The molecule has 0 aliphatic heterocycles. The van der Waals surface area contributed by atoms with E-state index in [2.05, 4.69) is 10.3 Å². The van der Waals surface area contributed by atoms with E-state index in [1.165, 1.54) is 6.07 Å². The number of unbranched alkanes of at least 4 members (excludes halogenated alkanes) is 2. The number of hydrogen-bond acceptors (Lipinski definition) is 6. The van der Waals surface area contributed by atoms with E-state index < -0.39 is 20.0 Å². The highest BCUT2D eigenvalue weighted by Crippen LogP contribution is 2.37. The van der Waals surface area contributed by atoms with Gasteiger partial charge in [-0.05, 0) is 38.8 Å². The highest BCUT2D eigenvalue weighted by molar-refractivity contribution is 8.10. The zero-order chi connectivity index (χ0) is 23.8. The molecule has 0 unspecified atom stereocenters. The summed E-state index contributed by atoms with van der Waals surface area (Å²) in [6.07, 6.45) is 2.06. The van der Waals surface area contributed by atoms with Gasteiger partial charge in [0, 0.05) is 23.9 Å². The Hall–Kier alpha value is -2.20. The van der Waals surface area contributed by atoms with Gasteiger partial charge in [0.15, 0.2) is 0 Å². The van der Waals surface area contributed by atoms with E-state index in [1.54, 1.807) is 29.3 Å². The van der Waals surface area contributed by atoms with Gasteiger partial charge in [-0.25, -0.2) is 16.8 Å². The predicted molar refractivity (Wildman–Crippen MR) is 131 cm³/mol. The van der Waals surface area contributed by atoms with Crippen molar-refractivity contribution in [2.45, 2.75) is 53.4 Å². The van der Waals surface area contributed by atoms with Gasteiger partial charge in [0.25, 0.3) is 0 Å². The van der Waals surface area contributed by atoms with E-state index in [9.17, 15) is 16.8 Å². The minimum atomic E-state index is -4.08. The van der Waals surface area contributed by atoms with E-state index in [-0.39, 0.29) is 17.2 Å². The highest BCUT2D eigenvalue weighted by atomic mass is 32.3. The molecule has 0 N–H and O–H groups in total. The molecule has 10 heteroatoms. The number of benzene rings is 2. The van der Waals surface area contributed by atoms with Crippen molar-refractivity contribution in [1.82, 2.24) is 5.01 Å². The summed E-state index contributed by atoms with van der Waals surface area (Å²) in [6.45, 7) is 9.10. The molecule has 2 aromatic rings. The first kappa shape index (κ1) is 26.1. The summed E-state index contributed by atoms with van der Waals surface area (Å²) >= 11 is 0. The van der Waals surface area contributed by atoms with Crippen LogP contribution in [0.5, 0.6) is 0 Å². The molecule has 32 heavy (non-hydrogen) atoms. The second-order valence-electron chi connectivity index (χ2n) is 7.51. The van der Waals surface area contributed by atoms with Crippen LogP contribution >= 0.6 is 0 Å². The molecule has 2 rings (SSSR count). The first-order valence-electron chi connectivity index (χ1n) is 11.2. The molecule has 0 bridgehead atoms. The first-order valence-corrected chi connectivity index (χ1v) is 14.4. The maximum Gasteiger partial charge on any atom is 0.248 e.